The number of hydrogen-bond acceptors (Lipinski definition) is 4. The van der Waals surface area contributed by atoms with Crippen molar-refractivity contribution in [3.05, 3.63) is 48.2 Å². The molecule has 1 heterocycles. The topological polar surface area (TPSA) is 54.4 Å². The number of benzene rings is 1. The lowest BCUT2D eigenvalue weighted by Gasteiger charge is -2.08. The maximum atomic E-state index is 8.98. The number of aliphatic hydroxyl groups excluding tert-OH is 1. The molecule has 4 heteroatoms. The Kier molecular flexibility index (Phi) is 4.75. The monoisotopic (exact) mass is 258 g/mol. The third-order valence-corrected chi connectivity index (χ3v) is 2.63. The van der Waals surface area contributed by atoms with Crippen molar-refractivity contribution in [2.75, 3.05) is 11.9 Å². The zero-order valence-corrected chi connectivity index (χ0v) is 11.0. The number of nitrogens with zero attached hydrogens (tertiary/aromatic N) is 1. The molecule has 4 nitrogen and oxygen atoms in total. The van der Waals surface area contributed by atoms with Crippen molar-refractivity contribution >= 4 is 5.82 Å². The van der Waals surface area contributed by atoms with Gasteiger partial charge in [0.2, 0.25) is 0 Å². The summed E-state index contributed by atoms with van der Waals surface area (Å²) < 4.78 is 5.74. The molecule has 100 valence electrons. The Morgan fingerprint density at radius 2 is 1.95 bits per heavy atom. The number of rotatable bonds is 6. The van der Waals surface area contributed by atoms with Gasteiger partial charge in [-0.25, -0.2) is 4.98 Å². The standard InChI is InChI=1S/C15H18N2O2/c1-2-8-16-15-10-14(7-9-17-15)19-13-5-3-12(11-18)4-6-13/h3-7,9-10,18H,2,8,11H2,1H3,(H,16,17). The number of anilines is 1. The van der Waals surface area contributed by atoms with Gasteiger partial charge in [-0.1, -0.05) is 19.1 Å². The fraction of sp³-hybridized carbons (Fsp3) is 0.267. The molecule has 2 aromatic rings. The molecule has 1 aromatic carbocycles. The van der Waals surface area contributed by atoms with E-state index in [1.54, 1.807) is 6.20 Å². The summed E-state index contributed by atoms with van der Waals surface area (Å²) in [6, 6.07) is 11.0. The molecule has 0 fully saturated rings. The average molecular weight is 258 g/mol. The summed E-state index contributed by atoms with van der Waals surface area (Å²) in [6.07, 6.45) is 2.77. The zero-order valence-electron chi connectivity index (χ0n) is 11.0. The van der Waals surface area contributed by atoms with Gasteiger partial charge in [-0.3, -0.25) is 0 Å². The summed E-state index contributed by atoms with van der Waals surface area (Å²) in [7, 11) is 0. The minimum Gasteiger partial charge on any atom is -0.457 e. The van der Waals surface area contributed by atoms with Crippen LogP contribution in [0.2, 0.25) is 0 Å². The van der Waals surface area contributed by atoms with Gasteiger partial charge in [0.15, 0.2) is 0 Å². The van der Waals surface area contributed by atoms with Gasteiger partial charge in [-0.15, -0.1) is 0 Å². The van der Waals surface area contributed by atoms with E-state index < -0.39 is 0 Å². The van der Waals surface area contributed by atoms with E-state index in [-0.39, 0.29) is 6.61 Å². The van der Waals surface area contributed by atoms with Crippen LogP contribution in [0.4, 0.5) is 5.82 Å². The number of aliphatic hydroxyl groups is 1. The Bertz CT molecular complexity index is 512. The molecule has 0 bridgehead atoms. The molecule has 0 aliphatic carbocycles. The number of aromatic nitrogens is 1. The fourth-order valence-corrected chi connectivity index (χ4v) is 1.62. The summed E-state index contributed by atoms with van der Waals surface area (Å²) >= 11 is 0. The van der Waals surface area contributed by atoms with Crippen LogP contribution in [-0.4, -0.2) is 16.6 Å². The molecule has 0 spiro atoms. The predicted octanol–water partition coefficient (Wildman–Crippen LogP) is 3.19. The smallest absolute Gasteiger partial charge is 0.132 e. The summed E-state index contributed by atoms with van der Waals surface area (Å²) in [6.45, 7) is 3.04. The minimum absolute atomic E-state index is 0.0423. The van der Waals surface area contributed by atoms with Gasteiger partial charge in [-0.05, 0) is 30.2 Å². The van der Waals surface area contributed by atoms with Crippen LogP contribution >= 0.6 is 0 Å². The number of hydrogen-bond donors (Lipinski definition) is 2. The van der Waals surface area contributed by atoms with E-state index in [0.717, 1.165) is 35.8 Å². The van der Waals surface area contributed by atoms with Crippen LogP contribution in [0, 0.1) is 0 Å². The summed E-state index contributed by atoms with van der Waals surface area (Å²) in [5, 5.41) is 12.2. The molecule has 0 saturated heterocycles. The van der Waals surface area contributed by atoms with E-state index in [4.69, 9.17) is 9.84 Å². The van der Waals surface area contributed by atoms with Crippen molar-refractivity contribution in [2.45, 2.75) is 20.0 Å². The van der Waals surface area contributed by atoms with Gasteiger partial charge >= 0.3 is 0 Å². The first-order valence-corrected chi connectivity index (χ1v) is 6.39. The highest BCUT2D eigenvalue weighted by Gasteiger charge is 2.00. The maximum absolute atomic E-state index is 8.98. The van der Waals surface area contributed by atoms with Gasteiger partial charge in [0.05, 0.1) is 6.61 Å². The molecule has 2 rings (SSSR count). The van der Waals surface area contributed by atoms with Crippen molar-refractivity contribution < 1.29 is 9.84 Å². The van der Waals surface area contributed by atoms with E-state index in [1.165, 1.54) is 0 Å². The van der Waals surface area contributed by atoms with Crippen molar-refractivity contribution in [2.24, 2.45) is 0 Å². The zero-order chi connectivity index (χ0) is 13.5. The second-order valence-corrected chi connectivity index (χ2v) is 4.21. The van der Waals surface area contributed by atoms with Gasteiger partial charge in [0, 0.05) is 18.8 Å². The first-order chi connectivity index (χ1) is 9.31. The Hall–Kier alpha value is -2.07. The van der Waals surface area contributed by atoms with Crippen molar-refractivity contribution in [3.8, 4) is 11.5 Å². The second kappa shape index (κ2) is 6.75. The average Bonchev–Trinajstić information content (AvgIpc) is 2.46. The number of nitrogens with one attached hydrogen (secondary N) is 1. The van der Waals surface area contributed by atoms with Gasteiger partial charge < -0.3 is 15.2 Å². The Morgan fingerprint density at radius 3 is 2.63 bits per heavy atom. The first kappa shape index (κ1) is 13.4. The first-order valence-electron chi connectivity index (χ1n) is 6.39. The molecule has 0 radical (unpaired) electrons. The molecule has 0 aliphatic rings. The van der Waals surface area contributed by atoms with Crippen LogP contribution in [-0.2, 0) is 6.61 Å². The van der Waals surface area contributed by atoms with E-state index in [1.807, 2.05) is 36.4 Å². The summed E-state index contributed by atoms with van der Waals surface area (Å²) in [4.78, 5) is 4.22. The van der Waals surface area contributed by atoms with Crippen molar-refractivity contribution in [1.82, 2.24) is 4.98 Å². The van der Waals surface area contributed by atoms with Crippen LogP contribution in [0.1, 0.15) is 18.9 Å². The van der Waals surface area contributed by atoms with Crippen LogP contribution in [0.15, 0.2) is 42.6 Å². The quantitative estimate of drug-likeness (QED) is 0.835. The lowest BCUT2D eigenvalue weighted by Crippen LogP contribution is -2.01. The SMILES string of the molecule is CCCNc1cc(Oc2ccc(CO)cc2)ccn1. The molecule has 0 unspecified atom stereocenters. The Labute approximate surface area is 113 Å². The highest BCUT2D eigenvalue weighted by molar-refractivity contribution is 5.42. The third-order valence-electron chi connectivity index (χ3n) is 2.63. The molecular weight excluding hydrogens is 240 g/mol. The predicted molar refractivity (Wildman–Crippen MR) is 75.5 cm³/mol. The Balaban J connectivity index is 2.05. The molecule has 2 N–H and O–H groups in total. The fourth-order valence-electron chi connectivity index (χ4n) is 1.62. The summed E-state index contributed by atoms with van der Waals surface area (Å²) in [5.74, 6) is 2.29. The van der Waals surface area contributed by atoms with Crippen molar-refractivity contribution in [1.29, 1.82) is 0 Å². The lowest BCUT2D eigenvalue weighted by molar-refractivity contribution is 0.281. The summed E-state index contributed by atoms with van der Waals surface area (Å²) in [5.41, 5.74) is 0.868. The van der Waals surface area contributed by atoms with Crippen LogP contribution in [0.25, 0.3) is 0 Å². The van der Waals surface area contributed by atoms with Crippen LogP contribution < -0.4 is 10.1 Å². The maximum Gasteiger partial charge on any atom is 0.132 e. The second-order valence-electron chi connectivity index (χ2n) is 4.21. The molecule has 0 atom stereocenters. The number of ether oxygens (including phenoxy) is 1. The molecule has 0 aliphatic heterocycles. The van der Waals surface area contributed by atoms with E-state index >= 15 is 0 Å². The highest BCUT2D eigenvalue weighted by Crippen LogP contribution is 2.23. The lowest BCUT2D eigenvalue weighted by atomic mass is 10.2. The van der Waals surface area contributed by atoms with Crippen LogP contribution in [0.5, 0.6) is 11.5 Å². The van der Waals surface area contributed by atoms with Crippen LogP contribution in [0.3, 0.4) is 0 Å². The van der Waals surface area contributed by atoms with Gasteiger partial charge in [0.1, 0.15) is 17.3 Å². The normalized spacial score (nSPS) is 10.2. The van der Waals surface area contributed by atoms with E-state index in [0.29, 0.717) is 0 Å². The molecule has 1 aromatic heterocycles. The Morgan fingerprint density at radius 1 is 1.16 bits per heavy atom. The minimum atomic E-state index is 0.0423. The number of pyridine rings is 1. The molecular formula is C15H18N2O2. The molecule has 0 saturated carbocycles. The highest BCUT2D eigenvalue weighted by atomic mass is 16.5. The third kappa shape index (κ3) is 3.96. The largest absolute Gasteiger partial charge is 0.457 e. The van der Waals surface area contributed by atoms with E-state index in [2.05, 4.69) is 17.2 Å². The van der Waals surface area contributed by atoms with E-state index in [9.17, 15) is 0 Å². The molecule has 19 heavy (non-hydrogen) atoms. The molecule has 0 amide bonds. The van der Waals surface area contributed by atoms with Gasteiger partial charge in [0.25, 0.3) is 0 Å². The van der Waals surface area contributed by atoms with Gasteiger partial charge in [-0.2, -0.15) is 0 Å². The van der Waals surface area contributed by atoms with Crippen molar-refractivity contribution in [3.63, 3.8) is 0 Å².